The van der Waals surface area contributed by atoms with Gasteiger partial charge in [-0.2, -0.15) is 0 Å². The van der Waals surface area contributed by atoms with Crippen molar-refractivity contribution in [2.45, 2.75) is 39.0 Å². The predicted octanol–water partition coefficient (Wildman–Crippen LogP) is 2.89. The van der Waals surface area contributed by atoms with Crippen LogP contribution in [0, 0.1) is 0 Å². The number of carbonyl (C=O) groups is 1. The molecule has 2 N–H and O–H groups in total. The second-order valence-electron chi connectivity index (χ2n) is 5.77. The molecule has 1 amide bonds. The van der Waals surface area contributed by atoms with E-state index >= 15 is 0 Å². The maximum atomic E-state index is 12.1. The van der Waals surface area contributed by atoms with Crippen molar-refractivity contribution in [3.05, 3.63) is 24.3 Å². The Kier molecular flexibility index (Phi) is 5.90. The zero-order valence-electron chi connectivity index (χ0n) is 13.1. The van der Waals surface area contributed by atoms with Gasteiger partial charge in [0.1, 0.15) is 0 Å². The van der Waals surface area contributed by atoms with Crippen LogP contribution in [0.5, 0.6) is 0 Å². The Labute approximate surface area is 127 Å². The van der Waals surface area contributed by atoms with Crippen molar-refractivity contribution in [1.29, 1.82) is 0 Å². The first kappa shape index (κ1) is 15.7. The van der Waals surface area contributed by atoms with E-state index in [1.807, 2.05) is 17.0 Å². The third kappa shape index (κ3) is 4.66. The molecule has 21 heavy (non-hydrogen) atoms. The molecule has 1 aromatic carbocycles. The summed E-state index contributed by atoms with van der Waals surface area (Å²) < 4.78 is 0. The highest BCUT2D eigenvalue weighted by atomic mass is 16.2. The number of unbranched alkanes of at least 4 members (excludes halogenated alkanes) is 3. The van der Waals surface area contributed by atoms with Gasteiger partial charge < -0.3 is 15.5 Å². The molecule has 0 aromatic heterocycles. The van der Waals surface area contributed by atoms with Gasteiger partial charge in [0.05, 0.1) is 0 Å². The lowest BCUT2D eigenvalue weighted by molar-refractivity contribution is -0.131. The SMILES string of the molecule is CCCCCCC(=O)N1CCN(c2ccc(N)cc2)CC1. The van der Waals surface area contributed by atoms with Crippen molar-refractivity contribution in [1.82, 2.24) is 4.90 Å². The van der Waals surface area contributed by atoms with Crippen LogP contribution in [0.2, 0.25) is 0 Å². The number of benzene rings is 1. The largest absolute Gasteiger partial charge is 0.399 e. The summed E-state index contributed by atoms with van der Waals surface area (Å²) in [4.78, 5) is 16.5. The monoisotopic (exact) mass is 289 g/mol. The predicted molar refractivity (Wildman–Crippen MR) is 88.4 cm³/mol. The first-order chi connectivity index (χ1) is 10.2. The first-order valence-electron chi connectivity index (χ1n) is 8.09. The summed E-state index contributed by atoms with van der Waals surface area (Å²) in [5.74, 6) is 0.322. The maximum absolute atomic E-state index is 12.1. The second-order valence-corrected chi connectivity index (χ2v) is 5.77. The number of nitrogen functional groups attached to an aromatic ring is 1. The fourth-order valence-corrected chi connectivity index (χ4v) is 2.76. The van der Waals surface area contributed by atoms with Crippen LogP contribution < -0.4 is 10.6 Å². The minimum Gasteiger partial charge on any atom is -0.399 e. The van der Waals surface area contributed by atoms with Crippen LogP contribution in [0.3, 0.4) is 0 Å². The summed E-state index contributed by atoms with van der Waals surface area (Å²) in [6.07, 6.45) is 5.37. The summed E-state index contributed by atoms with van der Waals surface area (Å²) in [6, 6.07) is 7.97. The molecule has 1 fully saturated rings. The lowest BCUT2D eigenvalue weighted by Gasteiger charge is -2.36. The molecule has 0 radical (unpaired) electrons. The van der Waals surface area contributed by atoms with Crippen molar-refractivity contribution in [3.8, 4) is 0 Å². The molecule has 0 atom stereocenters. The molecule has 116 valence electrons. The van der Waals surface area contributed by atoms with Gasteiger partial charge in [0.2, 0.25) is 5.91 Å². The van der Waals surface area contributed by atoms with E-state index in [0.717, 1.165) is 38.3 Å². The Morgan fingerprint density at radius 3 is 2.33 bits per heavy atom. The Bertz CT molecular complexity index is 436. The maximum Gasteiger partial charge on any atom is 0.222 e. The molecular weight excluding hydrogens is 262 g/mol. The second kappa shape index (κ2) is 7.91. The highest BCUT2D eigenvalue weighted by molar-refractivity contribution is 5.76. The molecule has 4 nitrogen and oxygen atoms in total. The molecule has 0 spiro atoms. The van der Waals surface area contributed by atoms with Gasteiger partial charge in [-0.1, -0.05) is 26.2 Å². The highest BCUT2D eigenvalue weighted by Gasteiger charge is 2.20. The average Bonchev–Trinajstić information content (AvgIpc) is 2.52. The van der Waals surface area contributed by atoms with E-state index in [0.29, 0.717) is 12.3 Å². The van der Waals surface area contributed by atoms with Gasteiger partial charge >= 0.3 is 0 Å². The molecule has 4 heteroatoms. The molecule has 2 rings (SSSR count). The van der Waals surface area contributed by atoms with Gasteiger partial charge in [0.25, 0.3) is 0 Å². The van der Waals surface area contributed by atoms with Gasteiger partial charge in [-0.25, -0.2) is 0 Å². The van der Waals surface area contributed by atoms with Crippen LogP contribution in [-0.4, -0.2) is 37.0 Å². The third-order valence-electron chi connectivity index (χ3n) is 4.13. The Morgan fingerprint density at radius 2 is 1.71 bits per heavy atom. The van der Waals surface area contributed by atoms with Gasteiger partial charge in [0, 0.05) is 44.0 Å². The highest BCUT2D eigenvalue weighted by Crippen LogP contribution is 2.18. The van der Waals surface area contributed by atoms with E-state index in [9.17, 15) is 4.79 Å². The molecule has 1 aliphatic heterocycles. The van der Waals surface area contributed by atoms with E-state index in [4.69, 9.17) is 5.73 Å². The smallest absolute Gasteiger partial charge is 0.222 e. The lowest BCUT2D eigenvalue weighted by atomic mass is 10.1. The number of amides is 1. The van der Waals surface area contributed by atoms with Crippen molar-refractivity contribution in [2.24, 2.45) is 0 Å². The minimum absolute atomic E-state index is 0.322. The van der Waals surface area contributed by atoms with Crippen LogP contribution in [0.4, 0.5) is 11.4 Å². The molecule has 0 bridgehead atoms. The molecule has 1 heterocycles. The number of anilines is 2. The Hall–Kier alpha value is -1.71. The fourth-order valence-electron chi connectivity index (χ4n) is 2.76. The van der Waals surface area contributed by atoms with E-state index in [2.05, 4.69) is 24.0 Å². The number of hydrogen-bond acceptors (Lipinski definition) is 3. The van der Waals surface area contributed by atoms with Crippen molar-refractivity contribution >= 4 is 17.3 Å². The van der Waals surface area contributed by atoms with Gasteiger partial charge in [-0.15, -0.1) is 0 Å². The summed E-state index contributed by atoms with van der Waals surface area (Å²) >= 11 is 0. The van der Waals surface area contributed by atoms with Crippen LogP contribution in [0.15, 0.2) is 24.3 Å². The Balaban J connectivity index is 1.75. The summed E-state index contributed by atoms with van der Waals surface area (Å²) in [5, 5.41) is 0. The Morgan fingerprint density at radius 1 is 1.05 bits per heavy atom. The molecule has 0 aliphatic carbocycles. The van der Waals surface area contributed by atoms with E-state index in [1.165, 1.54) is 24.9 Å². The number of carbonyl (C=O) groups excluding carboxylic acids is 1. The first-order valence-corrected chi connectivity index (χ1v) is 8.09. The van der Waals surface area contributed by atoms with Crippen LogP contribution in [0.25, 0.3) is 0 Å². The van der Waals surface area contributed by atoms with Gasteiger partial charge in [0.15, 0.2) is 0 Å². The van der Waals surface area contributed by atoms with Crippen LogP contribution in [-0.2, 0) is 4.79 Å². The van der Waals surface area contributed by atoms with Crippen molar-refractivity contribution in [3.63, 3.8) is 0 Å². The molecule has 1 aliphatic rings. The molecule has 1 aromatic rings. The van der Waals surface area contributed by atoms with Crippen LogP contribution >= 0.6 is 0 Å². The average molecular weight is 289 g/mol. The van der Waals surface area contributed by atoms with Crippen LogP contribution in [0.1, 0.15) is 39.0 Å². The standard InChI is InChI=1S/C17H27N3O/c1-2-3-4-5-6-17(21)20-13-11-19(12-14-20)16-9-7-15(18)8-10-16/h7-10H,2-6,11-14,18H2,1H3. The summed E-state index contributed by atoms with van der Waals surface area (Å²) in [7, 11) is 0. The number of nitrogens with two attached hydrogens (primary N) is 1. The van der Waals surface area contributed by atoms with Gasteiger partial charge in [-0.05, 0) is 30.7 Å². The lowest BCUT2D eigenvalue weighted by Crippen LogP contribution is -2.48. The molecule has 0 saturated carbocycles. The van der Waals surface area contributed by atoms with Gasteiger partial charge in [-0.3, -0.25) is 4.79 Å². The van der Waals surface area contributed by atoms with Crippen molar-refractivity contribution < 1.29 is 4.79 Å². The molecule has 0 unspecified atom stereocenters. The summed E-state index contributed by atoms with van der Waals surface area (Å²) in [6.45, 7) is 5.67. The molecule has 1 saturated heterocycles. The zero-order chi connectivity index (χ0) is 15.1. The topological polar surface area (TPSA) is 49.6 Å². The number of nitrogens with zero attached hydrogens (tertiary/aromatic N) is 2. The minimum atomic E-state index is 0.322. The number of rotatable bonds is 6. The van der Waals surface area contributed by atoms with E-state index in [-0.39, 0.29) is 0 Å². The van der Waals surface area contributed by atoms with E-state index < -0.39 is 0 Å². The normalized spacial score (nSPS) is 15.3. The third-order valence-corrected chi connectivity index (χ3v) is 4.13. The summed E-state index contributed by atoms with van der Waals surface area (Å²) in [5.41, 5.74) is 7.70. The zero-order valence-corrected chi connectivity index (χ0v) is 13.1. The number of piperazine rings is 1. The fraction of sp³-hybridized carbons (Fsp3) is 0.588. The molecular formula is C17H27N3O. The number of hydrogen-bond donors (Lipinski definition) is 1. The quantitative estimate of drug-likeness (QED) is 0.647. The van der Waals surface area contributed by atoms with E-state index in [1.54, 1.807) is 0 Å². The van der Waals surface area contributed by atoms with Crippen molar-refractivity contribution in [2.75, 3.05) is 36.8 Å².